The molecule has 0 aromatic heterocycles. The fraction of sp³-hybridized carbons (Fsp3) is 0.450. The van der Waals surface area contributed by atoms with Gasteiger partial charge in [0.15, 0.2) is 0 Å². The summed E-state index contributed by atoms with van der Waals surface area (Å²) in [6, 6.07) is 0. The van der Waals surface area contributed by atoms with E-state index in [1.807, 2.05) is 0 Å². The van der Waals surface area contributed by atoms with Gasteiger partial charge in [-0.3, -0.25) is 4.79 Å². The van der Waals surface area contributed by atoms with Crippen molar-refractivity contribution in [3.8, 4) is 0 Å². The van der Waals surface area contributed by atoms with Crippen LogP contribution in [0.25, 0.3) is 0 Å². The molecule has 0 unspecified atom stereocenters. The Kier molecular flexibility index (Phi) is 2.15. The van der Waals surface area contributed by atoms with E-state index in [1.54, 1.807) is 0 Å². The second-order valence-corrected chi connectivity index (χ2v) is 7.60. The van der Waals surface area contributed by atoms with E-state index in [0.717, 1.165) is 25.7 Å². The molecule has 4 bridgehead atoms. The molecule has 0 radical (unpaired) electrons. The standard InChI is InChI=1S/C20H20O/c21-18-16-10-14-5-1-2-6-15(9-14)17(18)12-20-8-4-3-7-19(20,11-16)13-20/h1-8,16-17H,9-13H2/t16-,17-,19-,20+/m0/s1. The minimum atomic E-state index is 0.157. The molecule has 4 atom stereocenters. The van der Waals surface area contributed by atoms with Gasteiger partial charge in [0.2, 0.25) is 0 Å². The van der Waals surface area contributed by atoms with Crippen LogP contribution in [0, 0.1) is 22.7 Å². The van der Waals surface area contributed by atoms with Gasteiger partial charge in [-0.05, 0) is 42.9 Å². The number of carbonyl (C=O) groups excluding carboxylic acids is 1. The van der Waals surface area contributed by atoms with Gasteiger partial charge in [0.25, 0.3) is 0 Å². The second-order valence-electron chi connectivity index (χ2n) is 7.60. The molecule has 21 heavy (non-hydrogen) atoms. The molecule has 3 saturated carbocycles. The molecule has 0 N–H and O–H groups in total. The molecule has 5 aliphatic rings. The van der Waals surface area contributed by atoms with Crippen LogP contribution in [-0.2, 0) is 4.79 Å². The number of ketones is 1. The van der Waals surface area contributed by atoms with Crippen molar-refractivity contribution in [2.45, 2.75) is 32.1 Å². The van der Waals surface area contributed by atoms with E-state index >= 15 is 0 Å². The minimum absolute atomic E-state index is 0.157. The molecular weight excluding hydrogens is 256 g/mol. The van der Waals surface area contributed by atoms with Crippen molar-refractivity contribution in [2.75, 3.05) is 0 Å². The van der Waals surface area contributed by atoms with Crippen LogP contribution in [-0.4, -0.2) is 5.78 Å². The molecule has 0 aliphatic heterocycles. The molecule has 106 valence electrons. The summed E-state index contributed by atoms with van der Waals surface area (Å²) in [5, 5.41) is 0. The van der Waals surface area contributed by atoms with E-state index in [4.69, 9.17) is 0 Å². The molecule has 0 aromatic rings. The highest BCUT2D eigenvalue weighted by molar-refractivity contribution is 5.88. The van der Waals surface area contributed by atoms with Crippen LogP contribution in [0.5, 0.6) is 0 Å². The van der Waals surface area contributed by atoms with Crippen LogP contribution in [0.3, 0.4) is 0 Å². The van der Waals surface area contributed by atoms with Gasteiger partial charge in [-0.25, -0.2) is 0 Å². The van der Waals surface area contributed by atoms with Crippen LogP contribution in [0.4, 0.5) is 0 Å². The molecule has 5 rings (SSSR count). The first-order valence-electron chi connectivity index (χ1n) is 8.17. The molecule has 5 aliphatic carbocycles. The summed E-state index contributed by atoms with van der Waals surface area (Å²) in [5.41, 5.74) is 3.40. The van der Waals surface area contributed by atoms with E-state index in [9.17, 15) is 4.79 Å². The van der Waals surface area contributed by atoms with Crippen molar-refractivity contribution >= 4 is 5.78 Å². The SMILES string of the molecule is O=C1[C@H]2CC3=CC=CC=C(C3)[C@@H]1C[C@@]13C=CC=C[C@]1(C2)C3. The number of allylic oxidation sites excluding steroid dienone is 10. The highest BCUT2D eigenvalue weighted by Gasteiger charge is 2.68. The Labute approximate surface area is 125 Å². The third-order valence-corrected chi connectivity index (χ3v) is 6.50. The zero-order valence-electron chi connectivity index (χ0n) is 12.2. The number of carbonyl (C=O) groups is 1. The Balaban J connectivity index is 1.65. The lowest BCUT2D eigenvalue weighted by molar-refractivity contribution is -0.125. The molecule has 1 heteroatoms. The summed E-state index contributed by atoms with van der Waals surface area (Å²) >= 11 is 0. The maximum atomic E-state index is 13.1. The Morgan fingerprint density at radius 2 is 1.71 bits per heavy atom. The number of fused-ring (bicyclic) bond motifs is 5. The van der Waals surface area contributed by atoms with E-state index in [1.165, 1.54) is 17.6 Å². The summed E-state index contributed by atoms with van der Waals surface area (Å²) in [5.74, 6) is 0.915. The molecule has 1 nitrogen and oxygen atoms in total. The predicted molar refractivity (Wildman–Crippen MR) is 83.5 cm³/mol. The summed E-state index contributed by atoms with van der Waals surface area (Å²) in [4.78, 5) is 13.1. The highest BCUT2D eigenvalue weighted by atomic mass is 16.1. The van der Waals surface area contributed by atoms with E-state index in [2.05, 4.69) is 48.6 Å². The molecule has 0 saturated heterocycles. The maximum Gasteiger partial charge on any atom is 0.143 e. The zero-order valence-corrected chi connectivity index (χ0v) is 12.2. The van der Waals surface area contributed by atoms with Crippen molar-refractivity contribution in [1.29, 1.82) is 0 Å². The first-order chi connectivity index (χ1) is 10.2. The normalized spacial score (nSPS) is 45.6. The van der Waals surface area contributed by atoms with Crippen molar-refractivity contribution in [3.63, 3.8) is 0 Å². The zero-order chi connectivity index (χ0) is 14.1. The Morgan fingerprint density at radius 1 is 0.952 bits per heavy atom. The fourth-order valence-corrected chi connectivity index (χ4v) is 5.36. The molecule has 0 heterocycles. The van der Waals surface area contributed by atoms with E-state index in [0.29, 0.717) is 11.2 Å². The Morgan fingerprint density at radius 3 is 2.57 bits per heavy atom. The van der Waals surface area contributed by atoms with Crippen molar-refractivity contribution < 1.29 is 4.79 Å². The summed E-state index contributed by atoms with van der Waals surface area (Å²) in [6.07, 6.45) is 23.3. The number of hydrogen-bond donors (Lipinski definition) is 0. The summed E-state index contributed by atoms with van der Waals surface area (Å²) < 4.78 is 0. The molecule has 3 fully saturated rings. The molecule has 0 spiro atoms. The summed E-state index contributed by atoms with van der Waals surface area (Å²) in [6.45, 7) is 0. The van der Waals surface area contributed by atoms with Gasteiger partial charge in [0.05, 0.1) is 0 Å². The first kappa shape index (κ1) is 12.0. The molecular formula is C20H20O. The van der Waals surface area contributed by atoms with Crippen molar-refractivity contribution in [2.24, 2.45) is 22.7 Å². The van der Waals surface area contributed by atoms with Gasteiger partial charge in [-0.2, -0.15) is 0 Å². The lowest BCUT2D eigenvalue weighted by Crippen LogP contribution is -2.23. The van der Waals surface area contributed by atoms with Crippen LogP contribution >= 0.6 is 0 Å². The summed E-state index contributed by atoms with van der Waals surface area (Å²) in [7, 11) is 0. The third-order valence-electron chi connectivity index (χ3n) is 6.50. The van der Waals surface area contributed by atoms with E-state index in [-0.39, 0.29) is 17.3 Å². The number of rotatable bonds is 0. The first-order valence-corrected chi connectivity index (χ1v) is 8.17. The predicted octanol–water partition coefficient (Wildman–Crippen LogP) is 4.30. The average Bonchev–Trinajstić information content (AvgIpc) is 3.20. The molecule has 0 amide bonds. The van der Waals surface area contributed by atoms with Crippen LogP contribution in [0.2, 0.25) is 0 Å². The topological polar surface area (TPSA) is 17.1 Å². The van der Waals surface area contributed by atoms with Crippen LogP contribution in [0.1, 0.15) is 32.1 Å². The highest BCUT2D eigenvalue weighted by Crippen LogP contribution is 2.74. The van der Waals surface area contributed by atoms with E-state index < -0.39 is 0 Å². The Bertz CT molecular complexity index is 687. The fourth-order valence-electron chi connectivity index (χ4n) is 5.36. The van der Waals surface area contributed by atoms with Gasteiger partial charge in [0.1, 0.15) is 5.78 Å². The number of Topliss-reactive ketones (excluding diaryl/α,β-unsaturated/α-hetero) is 1. The van der Waals surface area contributed by atoms with Crippen LogP contribution in [0.15, 0.2) is 59.8 Å². The molecule has 0 aromatic carbocycles. The largest absolute Gasteiger partial charge is 0.299 e. The Hall–Kier alpha value is -1.63. The number of hydrogen-bond acceptors (Lipinski definition) is 1. The quantitative estimate of drug-likeness (QED) is 0.644. The van der Waals surface area contributed by atoms with Crippen molar-refractivity contribution in [3.05, 3.63) is 59.8 Å². The van der Waals surface area contributed by atoms with Gasteiger partial charge < -0.3 is 0 Å². The minimum Gasteiger partial charge on any atom is -0.299 e. The van der Waals surface area contributed by atoms with Crippen LogP contribution < -0.4 is 0 Å². The van der Waals surface area contributed by atoms with Gasteiger partial charge in [-0.1, -0.05) is 59.8 Å². The van der Waals surface area contributed by atoms with Gasteiger partial charge >= 0.3 is 0 Å². The lowest BCUT2D eigenvalue weighted by atomic mass is 9.79. The maximum absolute atomic E-state index is 13.1. The van der Waals surface area contributed by atoms with Gasteiger partial charge in [-0.15, -0.1) is 0 Å². The monoisotopic (exact) mass is 276 g/mol. The third kappa shape index (κ3) is 1.50. The average molecular weight is 276 g/mol. The second kappa shape index (κ2) is 3.76. The smallest absolute Gasteiger partial charge is 0.143 e. The van der Waals surface area contributed by atoms with Gasteiger partial charge in [0, 0.05) is 11.8 Å². The van der Waals surface area contributed by atoms with Crippen molar-refractivity contribution in [1.82, 2.24) is 0 Å². The lowest BCUT2D eigenvalue weighted by Gasteiger charge is -2.24.